The highest BCUT2D eigenvalue weighted by Crippen LogP contribution is 2.41. The van der Waals surface area contributed by atoms with E-state index in [9.17, 15) is 22.4 Å². The number of alkyl halides is 3. The van der Waals surface area contributed by atoms with Crippen LogP contribution in [0.2, 0.25) is 0 Å². The number of pyridine rings is 2. The van der Waals surface area contributed by atoms with Crippen molar-refractivity contribution in [3.05, 3.63) is 59.6 Å². The molecule has 0 radical (unpaired) electrons. The topological polar surface area (TPSA) is 76.8 Å². The summed E-state index contributed by atoms with van der Waals surface area (Å²) in [4.78, 5) is 22.1. The Bertz CT molecular complexity index is 1150. The van der Waals surface area contributed by atoms with Gasteiger partial charge in [-0.15, -0.1) is 10.2 Å². The summed E-state index contributed by atoms with van der Waals surface area (Å²) < 4.78 is 55.7. The number of hydrogen-bond acceptors (Lipinski definition) is 5. The Hall–Kier alpha value is -3.37. The minimum Gasteiger partial charge on any atom is -0.324 e. The first kappa shape index (κ1) is 19.6. The van der Waals surface area contributed by atoms with Crippen LogP contribution in [-0.2, 0) is 12.7 Å². The molecule has 5 rings (SSSR count). The molecule has 5 heterocycles. The monoisotopic (exact) mass is 432 g/mol. The van der Waals surface area contributed by atoms with Crippen molar-refractivity contribution < 1.29 is 22.4 Å². The van der Waals surface area contributed by atoms with Crippen LogP contribution in [0, 0.1) is 5.82 Å². The molecule has 0 aromatic carbocycles. The summed E-state index contributed by atoms with van der Waals surface area (Å²) in [6.07, 6.45) is -0.531. The third kappa shape index (κ3) is 3.15. The Labute approximate surface area is 173 Å². The Morgan fingerprint density at radius 1 is 1.06 bits per heavy atom. The molecule has 31 heavy (non-hydrogen) atoms. The first-order chi connectivity index (χ1) is 14.9. The molecule has 2 aliphatic rings. The van der Waals surface area contributed by atoms with Gasteiger partial charge in [0, 0.05) is 18.9 Å². The molecule has 7 nitrogen and oxygen atoms in total. The second-order valence-corrected chi connectivity index (χ2v) is 7.54. The number of carbonyl (C=O) groups is 1. The molecule has 2 aliphatic heterocycles. The number of halogens is 4. The van der Waals surface area contributed by atoms with Crippen LogP contribution in [-0.4, -0.2) is 41.6 Å². The number of hydrogen-bond donors (Lipinski definition) is 0. The predicted molar refractivity (Wildman–Crippen MR) is 99.0 cm³/mol. The minimum atomic E-state index is -4.99. The van der Waals surface area contributed by atoms with Gasteiger partial charge >= 0.3 is 6.18 Å². The smallest absolute Gasteiger partial charge is 0.324 e. The van der Waals surface area contributed by atoms with Crippen LogP contribution in [0.4, 0.5) is 17.6 Å². The Balaban J connectivity index is 1.55. The molecule has 0 aliphatic carbocycles. The van der Waals surface area contributed by atoms with E-state index in [1.807, 2.05) is 10.6 Å². The van der Waals surface area contributed by atoms with Crippen LogP contribution in [0.3, 0.4) is 0 Å². The van der Waals surface area contributed by atoms with Crippen molar-refractivity contribution in [2.24, 2.45) is 0 Å². The summed E-state index contributed by atoms with van der Waals surface area (Å²) >= 11 is 0. The number of nitrogens with zero attached hydrogens (tertiary/aromatic N) is 6. The normalized spacial score (nSPS) is 20.5. The molecule has 3 aromatic rings. The van der Waals surface area contributed by atoms with Crippen LogP contribution >= 0.6 is 0 Å². The van der Waals surface area contributed by atoms with Crippen LogP contribution in [0.1, 0.15) is 47.2 Å². The molecule has 1 amide bonds. The van der Waals surface area contributed by atoms with E-state index < -0.39 is 35.2 Å². The maximum Gasteiger partial charge on any atom is 0.436 e. The van der Waals surface area contributed by atoms with Crippen molar-refractivity contribution in [1.29, 1.82) is 0 Å². The zero-order valence-electron chi connectivity index (χ0n) is 16.1. The summed E-state index contributed by atoms with van der Waals surface area (Å²) in [6, 6.07) is 5.57. The standard InChI is InChI=1S/C20H16F4N6O/c21-15-12(7-9-26-16(15)20(22,23)24)19(31)30-11-4-3-6-14(30)18-28-27-17(29(18)10-11)13-5-1-2-8-25-13/h1-2,5,7-9,11,14H,3-4,6,10H2. The van der Waals surface area contributed by atoms with Crippen LogP contribution < -0.4 is 0 Å². The van der Waals surface area contributed by atoms with E-state index in [-0.39, 0.29) is 6.04 Å². The number of fused-ring (bicyclic) bond motifs is 4. The summed E-state index contributed by atoms with van der Waals surface area (Å²) in [5, 5.41) is 8.49. The first-order valence-corrected chi connectivity index (χ1v) is 9.75. The quantitative estimate of drug-likeness (QED) is 0.578. The maximum absolute atomic E-state index is 14.6. The lowest BCUT2D eigenvalue weighted by molar-refractivity contribution is -0.143. The molecule has 2 unspecified atom stereocenters. The van der Waals surface area contributed by atoms with Gasteiger partial charge in [-0.1, -0.05) is 6.07 Å². The van der Waals surface area contributed by atoms with Crippen molar-refractivity contribution in [1.82, 2.24) is 29.6 Å². The van der Waals surface area contributed by atoms with E-state index in [0.717, 1.165) is 18.7 Å². The van der Waals surface area contributed by atoms with E-state index >= 15 is 0 Å². The summed E-state index contributed by atoms with van der Waals surface area (Å²) in [7, 11) is 0. The van der Waals surface area contributed by atoms with Gasteiger partial charge in [0.25, 0.3) is 5.91 Å². The second-order valence-electron chi connectivity index (χ2n) is 7.54. The lowest BCUT2D eigenvalue weighted by Crippen LogP contribution is -2.52. The number of piperidine rings is 1. The zero-order chi connectivity index (χ0) is 21.8. The number of carbonyl (C=O) groups excluding carboxylic acids is 1. The van der Waals surface area contributed by atoms with E-state index in [2.05, 4.69) is 20.2 Å². The molecule has 2 bridgehead atoms. The van der Waals surface area contributed by atoms with E-state index in [0.29, 0.717) is 36.7 Å². The summed E-state index contributed by atoms with van der Waals surface area (Å²) in [5.74, 6) is -1.36. The maximum atomic E-state index is 14.6. The Morgan fingerprint density at radius 3 is 2.65 bits per heavy atom. The first-order valence-electron chi connectivity index (χ1n) is 9.75. The number of amides is 1. The van der Waals surface area contributed by atoms with Crippen LogP contribution in [0.5, 0.6) is 0 Å². The minimum absolute atomic E-state index is 0.320. The van der Waals surface area contributed by atoms with Gasteiger partial charge < -0.3 is 9.47 Å². The number of rotatable bonds is 2. The second kappa shape index (κ2) is 7.10. The fourth-order valence-electron chi connectivity index (χ4n) is 4.40. The fourth-order valence-corrected chi connectivity index (χ4v) is 4.40. The van der Waals surface area contributed by atoms with E-state index in [1.165, 1.54) is 4.90 Å². The van der Waals surface area contributed by atoms with Gasteiger partial charge in [0.15, 0.2) is 23.2 Å². The van der Waals surface area contributed by atoms with Crippen LogP contribution in [0.25, 0.3) is 11.5 Å². The van der Waals surface area contributed by atoms with Gasteiger partial charge in [-0.25, -0.2) is 9.37 Å². The average molecular weight is 432 g/mol. The van der Waals surface area contributed by atoms with E-state index in [4.69, 9.17) is 0 Å². The van der Waals surface area contributed by atoms with Crippen LogP contribution in [0.15, 0.2) is 36.7 Å². The van der Waals surface area contributed by atoms with Crippen molar-refractivity contribution in [2.75, 3.05) is 0 Å². The molecule has 0 saturated carbocycles. The molecule has 3 aromatic heterocycles. The lowest BCUT2D eigenvalue weighted by atomic mass is 9.91. The van der Waals surface area contributed by atoms with Gasteiger partial charge in [-0.2, -0.15) is 13.2 Å². The lowest BCUT2D eigenvalue weighted by Gasteiger charge is -2.45. The van der Waals surface area contributed by atoms with E-state index in [1.54, 1.807) is 18.3 Å². The number of aromatic nitrogens is 5. The molecule has 0 N–H and O–H groups in total. The van der Waals surface area contributed by atoms with Gasteiger partial charge in [0.2, 0.25) is 0 Å². The molecule has 1 fully saturated rings. The van der Waals surface area contributed by atoms with Crippen molar-refractivity contribution in [3.63, 3.8) is 0 Å². The Morgan fingerprint density at radius 2 is 1.90 bits per heavy atom. The average Bonchev–Trinajstić information content (AvgIpc) is 3.16. The molecular weight excluding hydrogens is 416 g/mol. The third-order valence-electron chi connectivity index (χ3n) is 5.73. The van der Waals surface area contributed by atoms with Gasteiger partial charge in [-0.3, -0.25) is 9.78 Å². The molecule has 160 valence electrons. The predicted octanol–water partition coefficient (Wildman–Crippen LogP) is 3.64. The summed E-state index contributed by atoms with van der Waals surface area (Å²) in [5.41, 5.74) is -1.70. The molecule has 0 spiro atoms. The van der Waals surface area contributed by atoms with Gasteiger partial charge in [0.1, 0.15) is 5.69 Å². The molecular formula is C20H16F4N6O. The highest BCUT2D eigenvalue weighted by atomic mass is 19.4. The summed E-state index contributed by atoms with van der Waals surface area (Å²) in [6.45, 7) is 0.356. The Kier molecular flexibility index (Phi) is 4.49. The third-order valence-corrected chi connectivity index (χ3v) is 5.73. The molecule has 1 saturated heterocycles. The molecule has 11 heteroatoms. The van der Waals surface area contributed by atoms with Gasteiger partial charge in [-0.05, 0) is 37.5 Å². The SMILES string of the molecule is O=C(c1ccnc(C(F)(F)F)c1F)N1C2CCCC1c1nnc(-c3ccccn3)n1C2. The van der Waals surface area contributed by atoms with Gasteiger partial charge in [0.05, 0.1) is 17.6 Å². The van der Waals surface area contributed by atoms with Crippen molar-refractivity contribution in [3.8, 4) is 11.5 Å². The zero-order valence-corrected chi connectivity index (χ0v) is 16.1. The van der Waals surface area contributed by atoms with Crippen molar-refractivity contribution in [2.45, 2.75) is 44.1 Å². The highest BCUT2D eigenvalue weighted by molar-refractivity contribution is 5.95. The fraction of sp³-hybridized carbons (Fsp3) is 0.350. The molecule has 2 atom stereocenters. The largest absolute Gasteiger partial charge is 0.436 e. The highest BCUT2D eigenvalue weighted by Gasteiger charge is 2.45. The van der Waals surface area contributed by atoms with Crippen molar-refractivity contribution >= 4 is 5.91 Å².